The molecule has 0 saturated carbocycles. The third-order valence-corrected chi connectivity index (χ3v) is 3.21. The summed E-state index contributed by atoms with van der Waals surface area (Å²) < 4.78 is 5.51. The number of hydrazine groups is 1. The molecule has 0 aliphatic heterocycles. The lowest BCUT2D eigenvalue weighted by molar-refractivity contribution is 0.0957. The maximum atomic E-state index is 12.0. The molecule has 2 amide bonds. The highest BCUT2D eigenvalue weighted by Crippen LogP contribution is 2.24. The predicted octanol–water partition coefficient (Wildman–Crippen LogP) is 2.20. The Morgan fingerprint density at radius 1 is 0.958 bits per heavy atom. The van der Waals surface area contributed by atoms with Crippen LogP contribution in [0.15, 0.2) is 65.1 Å². The van der Waals surface area contributed by atoms with E-state index in [0.29, 0.717) is 11.1 Å². The van der Waals surface area contributed by atoms with Crippen molar-refractivity contribution in [1.29, 1.82) is 0 Å². The van der Waals surface area contributed by atoms with Crippen LogP contribution in [0.5, 0.6) is 0 Å². The molecule has 0 spiro atoms. The highest BCUT2D eigenvalue weighted by molar-refractivity contribution is 5.97. The van der Waals surface area contributed by atoms with Gasteiger partial charge in [-0.15, -0.1) is 0 Å². The SMILES string of the molecule is NC(=O)c1nc(-c2ccccc2)oc1NNC(=O)c1ccccc1. The molecule has 0 fully saturated rings. The van der Waals surface area contributed by atoms with Gasteiger partial charge < -0.3 is 10.2 Å². The summed E-state index contributed by atoms with van der Waals surface area (Å²) >= 11 is 0. The van der Waals surface area contributed by atoms with Crippen molar-refractivity contribution in [1.82, 2.24) is 10.4 Å². The number of carbonyl (C=O) groups excluding carboxylic acids is 2. The molecule has 0 unspecified atom stereocenters. The van der Waals surface area contributed by atoms with E-state index < -0.39 is 5.91 Å². The van der Waals surface area contributed by atoms with Gasteiger partial charge in [-0.25, -0.2) is 4.98 Å². The number of primary amides is 1. The fraction of sp³-hybridized carbons (Fsp3) is 0. The van der Waals surface area contributed by atoms with Crippen molar-refractivity contribution in [3.63, 3.8) is 0 Å². The van der Waals surface area contributed by atoms with Gasteiger partial charge in [0.25, 0.3) is 11.8 Å². The summed E-state index contributed by atoms with van der Waals surface area (Å²) in [4.78, 5) is 27.6. The van der Waals surface area contributed by atoms with Gasteiger partial charge in [0.2, 0.25) is 11.8 Å². The molecule has 24 heavy (non-hydrogen) atoms. The van der Waals surface area contributed by atoms with Crippen molar-refractivity contribution in [2.24, 2.45) is 5.73 Å². The summed E-state index contributed by atoms with van der Waals surface area (Å²) in [5, 5.41) is 0. The van der Waals surface area contributed by atoms with E-state index in [0.717, 1.165) is 0 Å². The average molecular weight is 322 g/mol. The smallest absolute Gasteiger partial charge is 0.273 e. The lowest BCUT2D eigenvalue weighted by Crippen LogP contribution is -2.30. The molecule has 1 aromatic heterocycles. The summed E-state index contributed by atoms with van der Waals surface area (Å²) in [6.45, 7) is 0. The van der Waals surface area contributed by atoms with Gasteiger partial charge in [0.15, 0.2) is 5.69 Å². The molecular weight excluding hydrogens is 308 g/mol. The van der Waals surface area contributed by atoms with Crippen molar-refractivity contribution < 1.29 is 14.0 Å². The quantitative estimate of drug-likeness (QED) is 0.624. The van der Waals surface area contributed by atoms with Gasteiger partial charge >= 0.3 is 0 Å². The number of oxazole rings is 1. The third kappa shape index (κ3) is 3.25. The Balaban J connectivity index is 1.81. The predicted molar refractivity (Wildman–Crippen MR) is 88.0 cm³/mol. The fourth-order valence-corrected chi connectivity index (χ4v) is 2.05. The van der Waals surface area contributed by atoms with Crippen molar-refractivity contribution in [2.45, 2.75) is 0 Å². The summed E-state index contributed by atoms with van der Waals surface area (Å²) in [6.07, 6.45) is 0. The van der Waals surface area contributed by atoms with Crippen molar-refractivity contribution in [3.8, 4) is 11.5 Å². The lowest BCUT2D eigenvalue weighted by Gasteiger charge is -2.06. The van der Waals surface area contributed by atoms with Gasteiger partial charge in [-0.1, -0.05) is 36.4 Å². The highest BCUT2D eigenvalue weighted by atomic mass is 16.4. The van der Waals surface area contributed by atoms with Crippen LogP contribution >= 0.6 is 0 Å². The van der Waals surface area contributed by atoms with Gasteiger partial charge in [-0.2, -0.15) is 0 Å². The Kier molecular flexibility index (Phi) is 4.24. The molecule has 0 aliphatic carbocycles. The minimum Gasteiger partial charge on any atom is -0.418 e. The Morgan fingerprint density at radius 2 is 1.58 bits per heavy atom. The van der Waals surface area contributed by atoms with Gasteiger partial charge in [-0.05, 0) is 24.3 Å². The normalized spacial score (nSPS) is 10.2. The Bertz CT molecular complexity index is 860. The van der Waals surface area contributed by atoms with E-state index in [1.807, 2.05) is 18.2 Å². The van der Waals surface area contributed by atoms with Crippen LogP contribution in [0.4, 0.5) is 5.88 Å². The van der Waals surface area contributed by atoms with E-state index in [1.165, 1.54) is 0 Å². The number of amides is 2. The number of aromatic nitrogens is 1. The van der Waals surface area contributed by atoms with E-state index in [4.69, 9.17) is 10.2 Å². The number of rotatable bonds is 5. The van der Waals surface area contributed by atoms with Gasteiger partial charge in [-0.3, -0.25) is 20.4 Å². The number of nitrogens with two attached hydrogens (primary N) is 1. The van der Waals surface area contributed by atoms with Gasteiger partial charge in [0, 0.05) is 11.1 Å². The largest absolute Gasteiger partial charge is 0.418 e. The lowest BCUT2D eigenvalue weighted by atomic mass is 10.2. The maximum absolute atomic E-state index is 12.0. The molecule has 1 heterocycles. The molecule has 120 valence electrons. The molecule has 2 aromatic carbocycles. The maximum Gasteiger partial charge on any atom is 0.273 e. The van der Waals surface area contributed by atoms with E-state index in [2.05, 4.69) is 15.8 Å². The zero-order valence-electron chi connectivity index (χ0n) is 12.5. The second-order valence-corrected chi connectivity index (χ2v) is 4.87. The second kappa shape index (κ2) is 6.66. The first-order valence-electron chi connectivity index (χ1n) is 7.12. The number of nitrogens with one attached hydrogen (secondary N) is 2. The van der Waals surface area contributed by atoms with Crippen molar-refractivity contribution >= 4 is 17.7 Å². The molecule has 3 rings (SSSR count). The van der Waals surface area contributed by atoms with Crippen molar-refractivity contribution in [2.75, 3.05) is 5.43 Å². The zero-order valence-corrected chi connectivity index (χ0v) is 12.5. The van der Waals surface area contributed by atoms with Crippen LogP contribution < -0.4 is 16.6 Å². The summed E-state index contributed by atoms with van der Waals surface area (Å²) in [5.74, 6) is -0.951. The van der Waals surface area contributed by atoms with Crippen LogP contribution in [0.3, 0.4) is 0 Å². The van der Waals surface area contributed by atoms with Crippen molar-refractivity contribution in [3.05, 3.63) is 71.9 Å². The molecule has 7 heteroatoms. The Morgan fingerprint density at radius 3 is 2.21 bits per heavy atom. The van der Waals surface area contributed by atoms with E-state index in [9.17, 15) is 9.59 Å². The molecule has 0 atom stereocenters. The van der Waals surface area contributed by atoms with Crippen LogP contribution in [0.1, 0.15) is 20.8 Å². The van der Waals surface area contributed by atoms with E-state index in [1.54, 1.807) is 42.5 Å². The average Bonchev–Trinajstić information content (AvgIpc) is 3.06. The van der Waals surface area contributed by atoms with Crippen LogP contribution in [0.25, 0.3) is 11.5 Å². The molecule has 0 saturated heterocycles. The standard InChI is InChI=1S/C17H14N4O3/c18-14(22)13-17(21-20-15(23)11-7-3-1-4-8-11)24-16(19-13)12-9-5-2-6-10-12/h1-10,21H,(H2,18,22)(H,20,23). The minimum atomic E-state index is -0.766. The van der Waals surface area contributed by atoms with Crippen LogP contribution in [-0.4, -0.2) is 16.8 Å². The molecule has 4 N–H and O–H groups in total. The molecule has 7 nitrogen and oxygen atoms in total. The molecule has 0 bridgehead atoms. The van der Waals surface area contributed by atoms with E-state index in [-0.39, 0.29) is 23.4 Å². The Hall–Kier alpha value is -3.61. The molecule has 0 radical (unpaired) electrons. The number of carbonyl (C=O) groups is 2. The number of benzene rings is 2. The summed E-state index contributed by atoms with van der Waals surface area (Å²) in [6, 6.07) is 17.6. The summed E-state index contributed by atoms with van der Waals surface area (Å²) in [5.41, 5.74) is 11.3. The first-order valence-corrected chi connectivity index (χ1v) is 7.12. The highest BCUT2D eigenvalue weighted by Gasteiger charge is 2.19. The zero-order chi connectivity index (χ0) is 16.9. The van der Waals surface area contributed by atoms with Crippen LogP contribution in [-0.2, 0) is 0 Å². The number of hydrogen-bond donors (Lipinski definition) is 3. The molecule has 3 aromatic rings. The topological polar surface area (TPSA) is 110 Å². The first-order chi connectivity index (χ1) is 11.6. The Labute approximate surface area is 137 Å². The summed E-state index contributed by atoms with van der Waals surface area (Å²) in [7, 11) is 0. The number of nitrogens with zero attached hydrogens (tertiary/aromatic N) is 1. The van der Waals surface area contributed by atoms with Gasteiger partial charge in [0.05, 0.1) is 0 Å². The van der Waals surface area contributed by atoms with Crippen LogP contribution in [0.2, 0.25) is 0 Å². The fourth-order valence-electron chi connectivity index (χ4n) is 2.05. The van der Waals surface area contributed by atoms with Crippen LogP contribution in [0, 0.1) is 0 Å². The van der Waals surface area contributed by atoms with Gasteiger partial charge in [0.1, 0.15) is 0 Å². The third-order valence-electron chi connectivity index (χ3n) is 3.21. The minimum absolute atomic E-state index is 0.0226. The second-order valence-electron chi connectivity index (χ2n) is 4.87. The first kappa shape index (κ1) is 15.3. The van der Waals surface area contributed by atoms with E-state index >= 15 is 0 Å². The monoisotopic (exact) mass is 322 g/mol. The number of anilines is 1. The molecular formula is C17H14N4O3. The number of hydrogen-bond acceptors (Lipinski definition) is 5. The molecule has 0 aliphatic rings.